The van der Waals surface area contributed by atoms with E-state index in [-0.39, 0.29) is 6.54 Å². The molecule has 3 heterocycles. The van der Waals surface area contributed by atoms with E-state index in [4.69, 9.17) is 10.5 Å². The van der Waals surface area contributed by atoms with Crippen LogP contribution >= 0.6 is 0 Å². The number of hydrogen-bond acceptors (Lipinski definition) is 9. The summed E-state index contributed by atoms with van der Waals surface area (Å²) in [6, 6.07) is 0.335. The number of nitrogens with one attached hydrogen (secondary N) is 1. The highest BCUT2D eigenvalue weighted by Gasteiger charge is 2.44. The van der Waals surface area contributed by atoms with E-state index < -0.39 is 31.1 Å². The summed E-state index contributed by atoms with van der Waals surface area (Å²) in [5, 5.41) is 33.2. The fourth-order valence-electron chi connectivity index (χ4n) is 3.89. The Kier molecular flexibility index (Phi) is 5.24. The van der Waals surface area contributed by atoms with Crippen molar-refractivity contribution in [2.75, 3.05) is 11.9 Å². The van der Waals surface area contributed by atoms with Gasteiger partial charge >= 0.3 is 0 Å². The first-order valence-electron chi connectivity index (χ1n) is 9.45. The summed E-state index contributed by atoms with van der Waals surface area (Å²) < 4.78 is 7.17. The molecule has 0 bridgehead atoms. The number of anilines is 1. The third-order valence-electron chi connectivity index (χ3n) is 5.39. The molecule has 4 atom stereocenters. The third-order valence-corrected chi connectivity index (χ3v) is 5.39. The number of ether oxygens (including phenoxy) is 1. The molecule has 1 aliphatic carbocycles. The van der Waals surface area contributed by atoms with Crippen LogP contribution in [0.3, 0.4) is 0 Å². The molecule has 2 aromatic rings. The summed E-state index contributed by atoms with van der Waals surface area (Å²) in [5.41, 5.74) is 6.81. The predicted molar refractivity (Wildman–Crippen MR) is 96.7 cm³/mol. The molecule has 10 nitrogen and oxygen atoms in total. The maximum absolute atomic E-state index is 10.3. The zero-order valence-corrected chi connectivity index (χ0v) is 15.0. The lowest BCUT2D eigenvalue weighted by atomic mass is 9.95. The lowest BCUT2D eigenvalue weighted by molar-refractivity contribution is -0.0511. The van der Waals surface area contributed by atoms with Crippen LogP contribution in [0, 0.1) is 0 Å². The molecule has 27 heavy (non-hydrogen) atoms. The quantitative estimate of drug-likeness (QED) is 0.470. The fraction of sp³-hybridized carbons (Fsp3) is 0.706. The van der Waals surface area contributed by atoms with Crippen molar-refractivity contribution in [3.63, 3.8) is 0 Å². The summed E-state index contributed by atoms with van der Waals surface area (Å²) in [5.74, 6) is 1.08. The maximum atomic E-state index is 10.3. The Hall–Kier alpha value is -1.85. The van der Waals surface area contributed by atoms with Gasteiger partial charge in [0.1, 0.15) is 24.1 Å². The van der Waals surface area contributed by atoms with Gasteiger partial charge in [0, 0.05) is 6.04 Å². The molecule has 1 saturated heterocycles. The molecule has 10 heteroatoms. The molecule has 2 aliphatic rings. The van der Waals surface area contributed by atoms with Crippen LogP contribution in [0.5, 0.6) is 0 Å². The fourth-order valence-corrected chi connectivity index (χ4v) is 3.89. The first-order valence-corrected chi connectivity index (χ1v) is 9.45. The molecule has 1 saturated carbocycles. The average molecular weight is 378 g/mol. The monoisotopic (exact) mass is 378 g/mol. The van der Waals surface area contributed by atoms with Gasteiger partial charge in [0.05, 0.1) is 19.5 Å². The zero-order valence-electron chi connectivity index (χ0n) is 15.0. The third kappa shape index (κ3) is 3.39. The van der Waals surface area contributed by atoms with Crippen LogP contribution in [-0.4, -0.2) is 65.8 Å². The van der Waals surface area contributed by atoms with Gasteiger partial charge in [-0.05, 0) is 12.8 Å². The second-order valence-corrected chi connectivity index (χ2v) is 7.22. The van der Waals surface area contributed by atoms with E-state index in [0.29, 0.717) is 28.8 Å². The number of aliphatic hydroxyl groups excluding tert-OH is 3. The smallest absolute Gasteiger partial charge is 0.168 e. The Morgan fingerprint density at radius 3 is 2.63 bits per heavy atom. The SMILES string of the molecule is NCc1nc(NC2CCCCC2)c2ncn([C@@H]3O[C@H](CO)[C@@H](O)[C@H]3O)c2n1. The molecule has 6 N–H and O–H groups in total. The van der Waals surface area contributed by atoms with Crippen molar-refractivity contribution in [3.8, 4) is 0 Å². The molecule has 0 unspecified atom stereocenters. The molecule has 1 aliphatic heterocycles. The second-order valence-electron chi connectivity index (χ2n) is 7.22. The standard InChI is InChI=1S/C17H26N6O4/c18-6-11-21-15(20-9-4-2-1-3-5-9)12-16(22-11)23(8-19-12)17-14(26)13(25)10(7-24)27-17/h8-10,13-14,17,24-26H,1-7,18H2,(H,20,21,22)/t10-,13-,14-,17-/m1/s1. The van der Waals surface area contributed by atoms with Crippen LogP contribution in [0.15, 0.2) is 6.33 Å². The molecule has 4 rings (SSSR count). The molecule has 2 aromatic heterocycles. The molecule has 0 spiro atoms. The van der Waals surface area contributed by atoms with Gasteiger partial charge in [-0.3, -0.25) is 4.57 Å². The number of rotatable bonds is 5. The average Bonchev–Trinajstić information content (AvgIpc) is 3.24. The van der Waals surface area contributed by atoms with Crippen molar-refractivity contribution in [3.05, 3.63) is 12.2 Å². The number of fused-ring (bicyclic) bond motifs is 1. The van der Waals surface area contributed by atoms with Crippen molar-refractivity contribution < 1.29 is 20.1 Å². The van der Waals surface area contributed by atoms with Crippen LogP contribution in [0.1, 0.15) is 44.2 Å². The lowest BCUT2D eigenvalue weighted by Gasteiger charge is -2.23. The first kappa shape index (κ1) is 18.5. The summed E-state index contributed by atoms with van der Waals surface area (Å²) in [6.07, 6.45) is 3.15. The van der Waals surface area contributed by atoms with Crippen LogP contribution in [0.25, 0.3) is 11.2 Å². The molecule has 0 amide bonds. The van der Waals surface area contributed by atoms with Crippen LogP contribution in [0.4, 0.5) is 5.82 Å². The van der Waals surface area contributed by atoms with Gasteiger partial charge in [-0.25, -0.2) is 15.0 Å². The van der Waals surface area contributed by atoms with E-state index in [1.165, 1.54) is 25.6 Å². The van der Waals surface area contributed by atoms with Crippen LogP contribution in [0.2, 0.25) is 0 Å². The maximum Gasteiger partial charge on any atom is 0.168 e. The first-order chi connectivity index (χ1) is 13.1. The van der Waals surface area contributed by atoms with Crippen molar-refractivity contribution >= 4 is 17.0 Å². The van der Waals surface area contributed by atoms with Gasteiger partial charge in [0.25, 0.3) is 0 Å². The second kappa shape index (κ2) is 7.64. The Morgan fingerprint density at radius 1 is 1.19 bits per heavy atom. The Morgan fingerprint density at radius 2 is 1.96 bits per heavy atom. The van der Waals surface area contributed by atoms with Gasteiger partial charge in [-0.2, -0.15) is 0 Å². The van der Waals surface area contributed by atoms with Gasteiger partial charge in [0.15, 0.2) is 23.2 Å². The van der Waals surface area contributed by atoms with Gasteiger partial charge in [-0.1, -0.05) is 19.3 Å². The number of nitrogens with zero attached hydrogens (tertiary/aromatic N) is 4. The predicted octanol–water partition coefficient (Wildman–Crippen LogP) is -0.359. The Labute approximate surface area is 156 Å². The largest absolute Gasteiger partial charge is 0.394 e. The van der Waals surface area contributed by atoms with E-state index in [2.05, 4.69) is 20.3 Å². The molecular formula is C17H26N6O4. The number of imidazole rings is 1. The van der Waals surface area contributed by atoms with E-state index >= 15 is 0 Å². The van der Waals surface area contributed by atoms with Crippen molar-refractivity contribution in [1.82, 2.24) is 19.5 Å². The minimum atomic E-state index is -1.20. The normalized spacial score (nSPS) is 29.5. The van der Waals surface area contributed by atoms with Gasteiger partial charge in [0.2, 0.25) is 0 Å². The van der Waals surface area contributed by atoms with Gasteiger partial charge < -0.3 is 31.1 Å². The Balaban J connectivity index is 1.70. The van der Waals surface area contributed by atoms with Crippen molar-refractivity contribution in [2.45, 2.75) is 69.2 Å². The van der Waals surface area contributed by atoms with E-state index in [1.807, 2.05) is 0 Å². The van der Waals surface area contributed by atoms with Crippen molar-refractivity contribution in [1.29, 1.82) is 0 Å². The minimum Gasteiger partial charge on any atom is -0.394 e. The van der Waals surface area contributed by atoms with Crippen molar-refractivity contribution in [2.24, 2.45) is 5.73 Å². The number of hydrogen-bond donors (Lipinski definition) is 5. The van der Waals surface area contributed by atoms with E-state index in [0.717, 1.165) is 12.8 Å². The summed E-state index contributed by atoms with van der Waals surface area (Å²) in [6.45, 7) is -0.227. The topological polar surface area (TPSA) is 152 Å². The number of nitrogens with two attached hydrogens (primary N) is 1. The molecule has 0 radical (unpaired) electrons. The number of aliphatic hydroxyl groups is 3. The van der Waals surface area contributed by atoms with Crippen LogP contribution < -0.4 is 11.1 Å². The Bertz CT molecular complexity index is 793. The highest BCUT2D eigenvalue weighted by atomic mass is 16.6. The van der Waals surface area contributed by atoms with Crippen LogP contribution in [-0.2, 0) is 11.3 Å². The summed E-state index contributed by atoms with van der Waals surface area (Å²) in [7, 11) is 0. The molecule has 0 aromatic carbocycles. The van der Waals surface area contributed by atoms with E-state index in [1.54, 1.807) is 4.57 Å². The van der Waals surface area contributed by atoms with Gasteiger partial charge in [-0.15, -0.1) is 0 Å². The minimum absolute atomic E-state index is 0.163. The molecule has 148 valence electrons. The lowest BCUT2D eigenvalue weighted by Crippen LogP contribution is -2.33. The zero-order chi connectivity index (χ0) is 19.0. The highest BCUT2D eigenvalue weighted by molar-refractivity contribution is 5.83. The van der Waals surface area contributed by atoms with E-state index in [9.17, 15) is 15.3 Å². The molecular weight excluding hydrogens is 352 g/mol. The summed E-state index contributed by atoms with van der Waals surface area (Å²) in [4.78, 5) is 13.4. The summed E-state index contributed by atoms with van der Waals surface area (Å²) >= 11 is 0. The number of aromatic nitrogens is 4. The molecule has 2 fully saturated rings. The highest BCUT2D eigenvalue weighted by Crippen LogP contribution is 2.33.